The second kappa shape index (κ2) is 8.09. The lowest BCUT2D eigenvalue weighted by molar-refractivity contribution is 0.0511. The van der Waals surface area contributed by atoms with Gasteiger partial charge >= 0.3 is 0 Å². The number of methoxy groups -OCH3 is 1. The Labute approximate surface area is 161 Å². The van der Waals surface area contributed by atoms with E-state index < -0.39 is 5.54 Å². The number of nitrogens with zero attached hydrogens (tertiary/aromatic N) is 1. The highest BCUT2D eigenvalue weighted by molar-refractivity contribution is 5.97. The van der Waals surface area contributed by atoms with Gasteiger partial charge in [-0.25, -0.2) is 0 Å². The maximum Gasteiger partial charge on any atom is 0.258 e. The zero-order valence-corrected chi connectivity index (χ0v) is 16.1. The van der Waals surface area contributed by atoms with E-state index in [-0.39, 0.29) is 5.91 Å². The fourth-order valence-corrected chi connectivity index (χ4v) is 3.26. The predicted molar refractivity (Wildman–Crippen MR) is 109 cm³/mol. The Morgan fingerprint density at radius 3 is 2.04 bits per heavy atom. The number of ether oxygens (including phenoxy) is 1. The minimum atomic E-state index is -0.491. The van der Waals surface area contributed by atoms with E-state index in [9.17, 15) is 4.79 Å². The van der Waals surface area contributed by atoms with E-state index in [4.69, 9.17) is 4.74 Å². The lowest BCUT2D eigenvalue weighted by atomic mass is 9.90. The van der Waals surface area contributed by atoms with Crippen LogP contribution in [0.2, 0.25) is 0 Å². The molecule has 3 nitrogen and oxygen atoms in total. The first-order valence-corrected chi connectivity index (χ1v) is 9.08. The Balaban J connectivity index is 2.06. The van der Waals surface area contributed by atoms with Crippen LogP contribution in [-0.2, 0) is 12.1 Å². The van der Waals surface area contributed by atoms with E-state index in [0.717, 1.165) is 11.1 Å². The van der Waals surface area contributed by atoms with Gasteiger partial charge in [0.2, 0.25) is 0 Å². The van der Waals surface area contributed by atoms with E-state index in [1.54, 1.807) is 7.11 Å². The molecule has 0 aromatic heterocycles. The smallest absolute Gasteiger partial charge is 0.258 e. The molecule has 0 aliphatic rings. The van der Waals surface area contributed by atoms with Gasteiger partial charge in [-0.2, -0.15) is 0 Å². The number of amides is 1. The molecule has 0 heterocycles. The average molecular weight is 359 g/mol. The van der Waals surface area contributed by atoms with Crippen molar-refractivity contribution in [2.75, 3.05) is 7.11 Å². The second-order valence-electron chi connectivity index (χ2n) is 7.00. The second-order valence-corrected chi connectivity index (χ2v) is 7.00. The number of para-hydroxylation sites is 1. The molecule has 0 bridgehead atoms. The van der Waals surface area contributed by atoms with Gasteiger partial charge in [0.15, 0.2) is 0 Å². The molecule has 0 radical (unpaired) electrons. The van der Waals surface area contributed by atoms with Gasteiger partial charge in [-0.3, -0.25) is 4.79 Å². The van der Waals surface area contributed by atoms with Crippen LogP contribution < -0.4 is 4.74 Å². The monoisotopic (exact) mass is 359 g/mol. The van der Waals surface area contributed by atoms with Crippen molar-refractivity contribution in [2.45, 2.75) is 25.9 Å². The van der Waals surface area contributed by atoms with Crippen molar-refractivity contribution >= 4 is 5.91 Å². The van der Waals surface area contributed by atoms with Crippen LogP contribution in [0.1, 0.15) is 35.3 Å². The molecule has 3 heteroatoms. The maximum absolute atomic E-state index is 13.6. The topological polar surface area (TPSA) is 29.5 Å². The van der Waals surface area contributed by atoms with Gasteiger partial charge < -0.3 is 9.64 Å². The van der Waals surface area contributed by atoms with Crippen LogP contribution in [0.4, 0.5) is 0 Å². The first-order chi connectivity index (χ1) is 13.0. The highest BCUT2D eigenvalue weighted by Gasteiger charge is 2.34. The average Bonchev–Trinajstić information content (AvgIpc) is 2.72. The predicted octanol–water partition coefficient (Wildman–Crippen LogP) is 5.27. The van der Waals surface area contributed by atoms with Gasteiger partial charge in [-0.05, 0) is 37.1 Å². The summed E-state index contributed by atoms with van der Waals surface area (Å²) in [6.45, 7) is 4.68. The Bertz CT molecular complexity index is 889. The normalized spacial score (nSPS) is 11.1. The molecule has 138 valence electrons. The summed E-state index contributed by atoms with van der Waals surface area (Å²) in [5.41, 5.74) is 2.25. The van der Waals surface area contributed by atoms with Gasteiger partial charge in [0.1, 0.15) is 5.75 Å². The Kier molecular flexibility index (Phi) is 5.60. The van der Waals surface area contributed by atoms with Crippen molar-refractivity contribution in [3.05, 3.63) is 102 Å². The Morgan fingerprint density at radius 1 is 0.852 bits per heavy atom. The molecule has 27 heavy (non-hydrogen) atoms. The molecule has 3 aromatic rings. The molecule has 0 saturated carbocycles. The van der Waals surface area contributed by atoms with Gasteiger partial charge in [0.05, 0.1) is 18.2 Å². The fraction of sp³-hybridized carbons (Fsp3) is 0.208. The summed E-state index contributed by atoms with van der Waals surface area (Å²) in [6.07, 6.45) is 0. The largest absolute Gasteiger partial charge is 0.496 e. The van der Waals surface area contributed by atoms with Crippen LogP contribution in [0.3, 0.4) is 0 Å². The molecule has 3 rings (SSSR count). The SMILES string of the molecule is COc1ccccc1C(=O)N(Cc1ccccc1)C(C)(C)c1ccccc1. The van der Waals surface area contributed by atoms with Gasteiger partial charge in [-0.15, -0.1) is 0 Å². The molecule has 0 aliphatic heterocycles. The zero-order valence-electron chi connectivity index (χ0n) is 16.1. The molecule has 0 N–H and O–H groups in total. The molecule has 1 amide bonds. The van der Waals surface area contributed by atoms with Crippen LogP contribution in [0.25, 0.3) is 0 Å². The fourth-order valence-electron chi connectivity index (χ4n) is 3.26. The zero-order chi connectivity index (χ0) is 19.3. The standard InChI is InChI=1S/C24H25NO2/c1-24(2,20-14-8-5-9-15-20)25(18-19-12-6-4-7-13-19)23(26)21-16-10-11-17-22(21)27-3/h4-17H,18H2,1-3H3. The highest BCUT2D eigenvalue weighted by atomic mass is 16.5. The molecule has 0 aliphatic carbocycles. The first kappa shape index (κ1) is 18.7. The van der Waals surface area contributed by atoms with Crippen LogP contribution in [0, 0.1) is 0 Å². The first-order valence-electron chi connectivity index (χ1n) is 9.08. The minimum absolute atomic E-state index is 0.0508. The number of benzene rings is 3. The molecule has 3 aromatic carbocycles. The van der Waals surface area contributed by atoms with Gasteiger partial charge in [0.25, 0.3) is 5.91 Å². The van der Waals surface area contributed by atoms with Crippen LogP contribution in [0.15, 0.2) is 84.9 Å². The summed E-state index contributed by atoms with van der Waals surface area (Å²) in [7, 11) is 1.59. The maximum atomic E-state index is 13.6. The summed E-state index contributed by atoms with van der Waals surface area (Å²) >= 11 is 0. The lowest BCUT2D eigenvalue weighted by Crippen LogP contribution is -2.45. The van der Waals surface area contributed by atoms with Crippen molar-refractivity contribution in [3.8, 4) is 5.75 Å². The van der Waals surface area contributed by atoms with E-state index in [2.05, 4.69) is 26.0 Å². The van der Waals surface area contributed by atoms with Crippen molar-refractivity contribution in [1.29, 1.82) is 0 Å². The molecule has 0 unspecified atom stereocenters. The van der Waals surface area contributed by atoms with Gasteiger partial charge in [-0.1, -0.05) is 72.8 Å². The lowest BCUT2D eigenvalue weighted by Gasteiger charge is -2.39. The molecular formula is C24H25NO2. The third-order valence-electron chi connectivity index (χ3n) is 4.92. The third kappa shape index (κ3) is 4.03. The summed E-state index contributed by atoms with van der Waals surface area (Å²) in [6, 6.07) is 27.6. The van der Waals surface area contributed by atoms with Crippen molar-refractivity contribution in [3.63, 3.8) is 0 Å². The van der Waals surface area contributed by atoms with Crippen molar-refractivity contribution in [1.82, 2.24) is 4.90 Å². The van der Waals surface area contributed by atoms with Crippen LogP contribution >= 0.6 is 0 Å². The summed E-state index contributed by atoms with van der Waals surface area (Å²) in [4.78, 5) is 15.5. The molecular weight excluding hydrogens is 334 g/mol. The van der Waals surface area contributed by atoms with Crippen molar-refractivity contribution in [2.24, 2.45) is 0 Å². The van der Waals surface area contributed by atoms with E-state index in [1.165, 1.54) is 0 Å². The van der Waals surface area contributed by atoms with Crippen LogP contribution in [-0.4, -0.2) is 17.9 Å². The molecule has 0 fully saturated rings. The third-order valence-corrected chi connectivity index (χ3v) is 4.92. The van der Waals surface area contributed by atoms with Crippen molar-refractivity contribution < 1.29 is 9.53 Å². The Morgan fingerprint density at radius 2 is 1.41 bits per heavy atom. The van der Waals surface area contributed by atoms with E-state index in [0.29, 0.717) is 17.9 Å². The minimum Gasteiger partial charge on any atom is -0.496 e. The van der Waals surface area contributed by atoms with Gasteiger partial charge in [0, 0.05) is 6.54 Å². The Hall–Kier alpha value is -3.07. The van der Waals surface area contributed by atoms with E-state index in [1.807, 2.05) is 77.7 Å². The number of hydrogen-bond donors (Lipinski definition) is 0. The summed E-state index contributed by atoms with van der Waals surface area (Å²) < 4.78 is 5.44. The quantitative estimate of drug-likeness (QED) is 0.600. The summed E-state index contributed by atoms with van der Waals surface area (Å²) in [5, 5.41) is 0. The number of carbonyl (C=O) groups is 1. The van der Waals surface area contributed by atoms with E-state index >= 15 is 0 Å². The molecule has 0 saturated heterocycles. The number of carbonyl (C=O) groups excluding carboxylic acids is 1. The van der Waals surface area contributed by atoms with Crippen LogP contribution in [0.5, 0.6) is 5.75 Å². The number of rotatable bonds is 6. The number of hydrogen-bond acceptors (Lipinski definition) is 2. The highest BCUT2D eigenvalue weighted by Crippen LogP contribution is 2.32. The molecule has 0 atom stereocenters. The summed E-state index contributed by atoms with van der Waals surface area (Å²) in [5.74, 6) is 0.537. The molecule has 0 spiro atoms.